The van der Waals surface area contributed by atoms with Crippen molar-refractivity contribution in [3.63, 3.8) is 0 Å². The Labute approximate surface area is 246 Å². The molecule has 13 heteroatoms. The molecule has 230 valence electrons. The summed E-state index contributed by atoms with van der Waals surface area (Å²) in [6, 6.07) is 5.62. The Morgan fingerprint density at radius 1 is 0.953 bits per heavy atom. The molecule has 2 aromatic heterocycles. The first-order valence-electron chi connectivity index (χ1n) is 15.0. The summed E-state index contributed by atoms with van der Waals surface area (Å²) in [6.07, 6.45) is 1.09. The Kier molecular flexibility index (Phi) is 7.46. The summed E-state index contributed by atoms with van der Waals surface area (Å²) in [4.78, 5) is 25.1. The molecule has 1 aromatic carbocycles. The van der Waals surface area contributed by atoms with E-state index < -0.39 is 11.7 Å². The number of nitrogens with one attached hydrogen (secondary N) is 3. The van der Waals surface area contributed by atoms with Gasteiger partial charge in [0.25, 0.3) is 5.91 Å². The number of benzene rings is 1. The highest BCUT2D eigenvalue weighted by atomic mass is 19.4. The van der Waals surface area contributed by atoms with Crippen LogP contribution in [0.1, 0.15) is 48.0 Å². The number of nitrogens with zero attached hydrogens (tertiary/aromatic N) is 3. The van der Waals surface area contributed by atoms with Crippen molar-refractivity contribution < 1.29 is 32.2 Å². The lowest BCUT2D eigenvalue weighted by Crippen LogP contribution is -2.50. The summed E-state index contributed by atoms with van der Waals surface area (Å²) in [5, 5.41) is 6.51. The number of carbonyl (C=O) groups is 1. The quantitative estimate of drug-likeness (QED) is 0.364. The fourth-order valence-corrected chi connectivity index (χ4v) is 6.40. The number of alkyl halides is 3. The summed E-state index contributed by atoms with van der Waals surface area (Å²) in [7, 11) is 0. The molecule has 0 radical (unpaired) electrons. The summed E-state index contributed by atoms with van der Waals surface area (Å²) in [5.41, 5.74) is 0.678. The number of ether oxygens (including phenoxy) is 3. The van der Waals surface area contributed by atoms with Gasteiger partial charge in [0.05, 0.1) is 35.4 Å². The predicted molar refractivity (Wildman–Crippen MR) is 154 cm³/mol. The van der Waals surface area contributed by atoms with Gasteiger partial charge in [0.2, 0.25) is 0 Å². The van der Waals surface area contributed by atoms with Gasteiger partial charge in [-0.25, -0.2) is 4.98 Å². The van der Waals surface area contributed by atoms with Gasteiger partial charge >= 0.3 is 6.18 Å². The van der Waals surface area contributed by atoms with Crippen LogP contribution in [0, 0.1) is 0 Å². The van der Waals surface area contributed by atoms with E-state index >= 15 is 0 Å². The molecule has 43 heavy (non-hydrogen) atoms. The lowest BCUT2D eigenvalue weighted by Gasteiger charge is -2.40. The van der Waals surface area contributed by atoms with E-state index in [-0.39, 0.29) is 23.0 Å². The molecule has 0 bridgehead atoms. The molecule has 2 saturated heterocycles. The van der Waals surface area contributed by atoms with Crippen molar-refractivity contribution in [3.05, 3.63) is 35.5 Å². The number of anilines is 3. The van der Waals surface area contributed by atoms with Gasteiger partial charge in [-0.1, -0.05) is 0 Å². The third kappa shape index (κ3) is 5.55. The molecule has 1 aliphatic carbocycles. The lowest BCUT2D eigenvalue weighted by atomic mass is 9.93. The number of hydrogen-bond acceptors (Lipinski definition) is 8. The molecule has 0 spiro atoms. The number of carbonyl (C=O) groups excluding carboxylic acids is 1. The Balaban J connectivity index is 1.14. The van der Waals surface area contributed by atoms with Crippen molar-refractivity contribution in [1.82, 2.24) is 19.8 Å². The van der Waals surface area contributed by atoms with Crippen molar-refractivity contribution in [1.29, 1.82) is 0 Å². The highest BCUT2D eigenvalue weighted by Crippen LogP contribution is 2.44. The third-order valence-corrected chi connectivity index (χ3v) is 8.91. The van der Waals surface area contributed by atoms with Gasteiger partial charge in [0.1, 0.15) is 24.7 Å². The average molecular weight is 601 g/mol. The number of fused-ring (bicyclic) bond motifs is 2. The van der Waals surface area contributed by atoms with Crippen LogP contribution in [0.5, 0.6) is 11.5 Å². The van der Waals surface area contributed by atoms with Crippen LogP contribution in [-0.2, 0) is 10.9 Å². The molecule has 10 nitrogen and oxygen atoms in total. The Bertz CT molecular complexity index is 1490. The first-order valence-corrected chi connectivity index (χ1v) is 15.0. The Hall–Kier alpha value is -3.71. The van der Waals surface area contributed by atoms with Gasteiger partial charge in [0.15, 0.2) is 11.5 Å². The zero-order valence-corrected chi connectivity index (χ0v) is 23.8. The normalized spacial score (nSPS) is 20.2. The minimum atomic E-state index is -4.52. The van der Waals surface area contributed by atoms with E-state index in [0.29, 0.717) is 66.6 Å². The number of morpholine rings is 1. The molecule has 1 saturated carbocycles. The van der Waals surface area contributed by atoms with Crippen LogP contribution >= 0.6 is 0 Å². The average Bonchev–Trinajstić information content (AvgIpc) is 3.44. The molecule has 4 aliphatic rings. The molecule has 0 atom stereocenters. The van der Waals surface area contributed by atoms with Crippen molar-refractivity contribution in [2.75, 3.05) is 63.2 Å². The Morgan fingerprint density at radius 3 is 2.40 bits per heavy atom. The smallest absolute Gasteiger partial charge is 0.418 e. The number of aromatic amines is 1. The van der Waals surface area contributed by atoms with E-state index in [4.69, 9.17) is 14.2 Å². The van der Waals surface area contributed by atoms with Crippen molar-refractivity contribution in [3.8, 4) is 11.5 Å². The van der Waals surface area contributed by atoms with E-state index in [1.54, 1.807) is 18.2 Å². The molecular formula is C30H35F3N6O4. The minimum absolute atomic E-state index is 0.0184. The van der Waals surface area contributed by atoms with Crippen LogP contribution in [0.3, 0.4) is 0 Å². The van der Waals surface area contributed by atoms with Crippen LogP contribution < -0.4 is 20.1 Å². The van der Waals surface area contributed by atoms with Gasteiger partial charge in [0, 0.05) is 56.2 Å². The summed E-state index contributed by atoms with van der Waals surface area (Å²) >= 11 is 0. The summed E-state index contributed by atoms with van der Waals surface area (Å²) in [5.74, 6) is 0.986. The number of likely N-dealkylation sites (tertiary alicyclic amines) is 1. The van der Waals surface area contributed by atoms with E-state index in [0.717, 1.165) is 64.6 Å². The second kappa shape index (κ2) is 11.4. The lowest BCUT2D eigenvalue weighted by molar-refractivity contribution is -0.136. The first kappa shape index (κ1) is 28.1. The predicted octanol–water partition coefficient (Wildman–Crippen LogP) is 5.00. The van der Waals surface area contributed by atoms with Crippen LogP contribution in [0.15, 0.2) is 24.4 Å². The standard InChI is InChI=1S/C30H35F3N6O4/c31-30(32,33)21-17-34-28-25(21)23(35-18-2-1-3-18)16-24(37-28)36-22-5-4-20(26-27(22)43-15-14-42-26)29(40)39-8-6-19(7-9-39)38-10-12-41-13-11-38/h4-5,16-19H,1-3,6-15H2,(H3,34,35,36,37). The maximum atomic E-state index is 13.8. The zero-order chi connectivity index (χ0) is 29.6. The van der Waals surface area contributed by atoms with Gasteiger partial charge in [-0.05, 0) is 44.2 Å². The van der Waals surface area contributed by atoms with Crippen molar-refractivity contribution in [2.24, 2.45) is 0 Å². The number of rotatable bonds is 6. The number of hydrogen-bond donors (Lipinski definition) is 3. The summed E-state index contributed by atoms with van der Waals surface area (Å²) in [6.45, 7) is 5.29. The maximum Gasteiger partial charge on any atom is 0.418 e. The van der Waals surface area contributed by atoms with E-state index in [2.05, 4.69) is 25.5 Å². The number of piperidine rings is 1. The van der Waals surface area contributed by atoms with E-state index in [1.165, 1.54) is 0 Å². The van der Waals surface area contributed by atoms with Gasteiger partial charge < -0.3 is 34.7 Å². The maximum absolute atomic E-state index is 13.8. The molecule has 3 aliphatic heterocycles. The number of H-pyrrole nitrogens is 1. The van der Waals surface area contributed by atoms with Crippen LogP contribution in [0.2, 0.25) is 0 Å². The molecule has 0 unspecified atom stereocenters. The Morgan fingerprint density at radius 2 is 1.70 bits per heavy atom. The molecule has 1 amide bonds. The largest absolute Gasteiger partial charge is 0.485 e. The SMILES string of the molecule is O=C(c1ccc(Nc2cc(NC3CCC3)c3c(C(F)(F)F)c[nH]c3n2)c2c1OCCO2)N1CCC(N2CCOCC2)CC1. The first-order chi connectivity index (χ1) is 20.8. The van der Waals surface area contributed by atoms with Crippen LogP contribution in [-0.4, -0.2) is 90.4 Å². The molecule has 3 aromatic rings. The van der Waals surface area contributed by atoms with E-state index in [9.17, 15) is 18.0 Å². The van der Waals surface area contributed by atoms with Gasteiger partial charge in [-0.2, -0.15) is 13.2 Å². The summed E-state index contributed by atoms with van der Waals surface area (Å²) < 4.78 is 58.8. The minimum Gasteiger partial charge on any atom is -0.485 e. The molecule has 3 N–H and O–H groups in total. The fourth-order valence-electron chi connectivity index (χ4n) is 6.40. The molecule has 3 fully saturated rings. The number of amides is 1. The number of halogens is 3. The van der Waals surface area contributed by atoms with Gasteiger partial charge in [-0.15, -0.1) is 0 Å². The van der Waals surface area contributed by atoms with Gasteiger partial charge in [-0.3, -0.25) is 9.69 Å². The highest BCUT2D eigenvalue weighted by molar-refractivity contribution is 6.00. The third-order valence-electron chi connectivity index (χ3n) is 8.91. The molecule has 7 rings (SSSR count). The van der Waals surface area contributed by atoms with Crippen molar-refractivity contribution >= 4 is 34.1 Å². The molecular weight excluding hydrogens is 565 g/mol. The topological polar surface area (TPSA) is 104 Å². The monoisotopic (exact) mass is 600 g/mol. The van der Waals surface area contributed by atoms with E-state index in [1.807, 2.05) is 4.90 Å². The molecule has 5 heterocycles. The number of aromatic nitrogens is 2. The second-order valence-electron chi connectivity index (χ2n) is 11.6. The zero-order valence-electron chi connectivity index (χ0n) is 23.8. The van der Waals surface area contributed by atoms with Crippen LogP contribution in [0.25, 0.3) is 11.0 Å². The van der Waals surface area contributed by atoms with Crippen molar-refractivity contribution in [2.45, 2.75) is 50.4 Å². The highest BCUT2D eigenvalue weighted by Gasteiger charge is 2.36. The fraction of sp³-hybridized carbons (Fsp3) is 0.533. The second-order valence-corrected chi connectivity index (χ2v) is 11.6. The number of pyridine rings is 1. The van der Waals surface area contributed by atoms with Crippen LogP contribution in [0.4, 0.5) is 30.4 Å².